The van der Waals surface area contributed by atoms with Gasteiger partial charge in [-0.15, -0.1) is 0 Å². The van der Waals surface area contributed by atoms with Crippen LogP contribution in [0.2, 0.25) is 0 Å². The highest BCUT2D eigenvalue weighted by Crippen LogP contribution is 2.36. The van der Waals surface area contributed by atoms with Crippen molar-refractivity contribution in [2.24, 2.45) is 5.10 Å². The Bertz CT molecular complexity index is 601. The first kappa shape index (κ1) is 15.3. The smallest absolute Gasteiger partial charge is 0.329 e. The molecule has 1 aromatic rings. The molecule has 0 bridgehead atoms. The summed E-state index contributed by atoms with van der Waals surface area (Å²) in [5.74, 6) is -0.313. The summed E-state index contributed by atoms with van der Waals surface area (Å²) >= 11 is 3.36. The van der Waals surface area contributed by atoms with Crippen LogP contribution in [0.1, 0.15) is 19.4 Å². The number of hydrazone groups is 1. The zero-order chi connectivity index (χ0) is 15.4. The second-order valence-electron chi connectivity index (χ2n) is 4.55. The van der Waals surface area contributed by atoms with Crippen LogP contribution in [0.15, 0.2) is 21.7 Å². The first-order valence-corrected chi connectivity index (χ1v) is 6.99. The number of halogens is 1. The Labute approximate surface area is 129 Å². The molecule has 2 N–H and O–H groups in total. The lowest BCUT2D eigenvalue weighted by molar-refractivity contribution is -0.139. The van der Waals surface area contributed by atoms with Crippen molar-refractivity contribution in [1.82, 2.24) is 10.7 Å². The fourth-order valence-corrected chi connectivity index (χ4v) is 2.00. The topological polar surface area (TPSA) is 89.0 Å². The van der Waals surface area contributed by atoms with E-state index in [2.05, 4.69) is 31.8 Å². The Balaban J connectivity index is 1.99. The number of nitrogens with one attached hydrogen (secondary N) is 2. The number of carbonyl (C=O) groups excluding carboxylic acids is 2. The van der Waals surface area contributed by atoms with Gasteiger partial charge in [0.1, 0.15) is 0 Å². The molecule has 21 heavy (non-hydrogen) atoms. The van der Waals surface area contributed by atoms with E-state index in [1.807, 2.05) is 0 Å². The lowest BCUT2D eigenvalue weighted by Crippen LogP contribution is -2.41. The molecule has 112 valence electrons. The van der Waals surface area contributed by atoms with Crippen molar-refractivity contribution in [2.75, 3.05) is 6.79 Å². The molecule has 0 radical (unpaired) electrons. The number of carbonyl (C=O) groups is 2. The number of fused-ring (bicyclic) bond motifs is 1. The average molecular weight is 356 g/mol. The van der Waals surface area contributed by atoms with Crippen LogP contribution in [0, 0.1) is 0 Å². The monoisotopic (exact) mass is 355 g/mol. The minimum atomic E-state index is -0.822. The van der Waals surface area contributed by atoms with E-state index in [-0.39, 0.29) is 12.8 Å². The van der Waals surface area contributed by atoms with Gasteiger partial charge < -0.3 is 14.8 Å². The van der Waals surface area contributed by atoms with Crippen LogP contribution in [-0.2, 0) is 9.59 Å². The third-order valence-electron chi connectivity index (χ3n) is 2.49. The standard InChI is InChI=1S/C13H14BrN3O4/c1-7(2)16-12(18)13(19)17-15-5-8-3-10-11(4-9(8)14)21-6-20-10/h3-5,7H,6H2,1-2H3,(H,16,18)(H,17,19). The molecule has 2 amide bonds. The highest BCUT2D eigenvalue weighted by Gasteiger charge is 2.16. The van der Waals surface area contributed by atoms with Crippen LogP contribution in [-0.4, -0.2) is 30.9 Å². The molecular weight excluding hydrogens is 342 g/mol. The first-order chi connectivity index (χ1) is 9.97. The summed E-state index contributed by atoms with van der Waals surface area (Å²) in [7, 11) is 0. The van der Waals surface area contributed by atoms with Gasteiger partial charge in [-0.1, -0.05) is 0 Å². The number of nitrogens with zero attached hydrogens (tertiary/aromatic N) is 1. The second-order valence-corrected chi connectivity index (χ2v) is 5.41. The van der Waals surface area contributed by atoms with Gasteiger partial charge in [0.05, 0.1) is 6.21 Å². The molecule has 0 fully saturated rings. The van der Waals surface area contributed by atoms with Crippen molar-refractivity contribution >= 4 is 34.0 Å². The van der Waals surface area contributed by atoms with Gasteiger partial charge in [-0.3, -0.25) is 9.59 Å². The summed E-state index contributed by atoms with van der Waals surface area (Å²) in [4.78, 5) is 22.8. The van der Waals surface area contributed by atoms with Crippen LogP contribution in [0.4, 0.5) is 0 Å². The number of hydrogen-bond acceptors (Lipinski definition) is 5. The Kier molecular flexibility index (Phi) is 4.79. The van der Waals surface area contributed by atoms with Crippen molar-refractivity contribution in [1.29, 1.82) is 0 Å². The Hall–Kier alpha value is -2.09. The predicted molar refractivity (Wildman–Crippen MR) is 79.3 cm³/mol. The van der Waals surface area contributed by atoms with Crippen molar-refractivity contribution in [3.8, 4) is 11.5 Å². The summed E-state index contributed by atoms with van der Waals surface area (Å²) in [6.45, 7) is 3.70. The van der Waals surface area contributed by atoms with Gasteiger partial charge in [0.25, 0.3) is 0 Å². The minimum Gasteiger partial charge on any atom is -0.454 e. The molecular formula is C13H14BrN3O4. The maximum absolute atomic E-state index is 11.4. The van der Waals surface area contributed by atoms with Gasteiger partial charge >= 0.3 is 11.8 Å². The molecule has 7 nitrogen and oxygen atoms in total. The van der Waals surface area contributed by atoms with Gasteiger partial charge in [-0.05, 0) is 41.9 Å². The van der Waals surface area contributed by atoms with E-state index < -0.39 is 11.8 Å². The molecule has 2 rings (SSSR count). The maximum atomic E-state index is 11.4. The number of benzene rings is 1. The van der Waals surface area contributed by atoms with Crippen molar-refractivity contribution < 1.29 is 19.1 Å². The molecule has 1 aliphatic heterocycles. The van der Waals surface area contributed by atoms with Gasteiger partial charge in [-0.25, -0.2) is 5.43 Å². The van der Waals surface area contributed by atoms with Gasteiger partial charge in [-0.2, -0.15) is 5.10 Å². The second kappa shape index (κ2) is 6.57. The summed E-state index contributed by atoms with van der Waals surface area (Å²) in [5, 5.41) is 6.21. The third kappa shape index (κ3) is 3.94. The first-order valence-electron chi connectivity index (χ1n) is 6.20. The normalized spacial score (nSPS) is 12.8. The minimum absolute atomic E-state index is 0.116. The highest BCUT2D eigenvalue weighted by atomic mass is 79.9. The molecule has 1 aliphatic rings. The van der Waals surface area contributed by atoms with E-state index in [4.69, 9.17) is 9.47 Å². The van der Waals surface area contributed by atoms with Crippen molar-refractivity contribution in [2.45, 2.75) is 19.9 Å². The summed E-state index contributed by atoms with van der Waals surface area (Å²) in [6.07, 6.45) is 1.41. The lowest BCUT2D eigenvalue weighted by atomic mass is 10.2. The van der Waals surface area contributed by atoms with Gasteiger partial charge in [0, 0.05) is 16.1 Å². The Morgan fingerprint density at radius 3 is 2.62 bits per heavy atom. The van der Waals surface area contributed by atoms with Gasteiger partial charge in [0.15, 0.2) is 11.5 Å². The number of ether oxygens (including phenoxy) is 2. The molecule has 8 heteroatoms. The van der Waals surface area contributed by atoms with Crippen LogP contribution in [0.3, 0.4) is 0 Å². The van der Waals surface area contributed by atoms with E-state index in [9.17, 15) is 9.59 Å². The third-order valence-corrected chi connectivity index (χ3v) is 3.17. The van der Waals surface area contributed by atoms with Crippen LogP contribution in [0.25, 0.3) is 0 Å². The molecule has 0 aromatic heterocycles. The fourth-order valence-electron chi connectivity index (χ4n) is 1.57. The number of rotatable bonds is 3. The van der Waals surface area contributed by atoms with E-state index >= 15 is 0 Å². The van der Waals surface area contributed by atoms with E-state index in [0.29, 0.717) is 17.1 Å². The van der Waals surface area contributed by atoms with E-state index in [0.717, 1.165) is 4.47 Å². The number of hydrogen-bond donors (Lipinski definition) is 2. The Morgan fingerprint density at radius 2 is 1.95 bits per heavy atom. The average Bonchev–Trinajstić information content (AvgIpc) is 2.84. The molecule has 1 heterocycles. The lowest BCUT2D eigenvalue weighted by Gasteiger charge is -2.06. The molecule has 1 aromatic carbocycles. The number of amides is 2. The van der Waals surface area contributed by atoms with Crippen molar-refractivity contribution in [3.05, 3.63) is 22.2 Å². The highest BCUT2D eigenvalue weighted by molar-refractivity contribution is 9.10. The molecule has 0 unspecified atom stereocenters. The van der Waals surface area contributed by atoms with Crippen LogP contribution < -0.4 is 20.2 Å². The molecule has 0 saturated carbocycles. The molecule has 0 atom stereocenters. The molecule has 0 saturated heterocycles. The fraction of sp³-hybridized carbons (Fsp3) is 0.308. The van der Waals surface area contributed by atoms with E-state index in [1.54, 1.807) is 26.0 Å². The zero-order valence-electron chi connectivity index (χ0n) is 11.5. The largest absolute Gasteiger partial charge is 0.454 e. The SMILES string of the molecule is CC(C)NC(=O)C(=O)NN=Cc1cc2c(cc1Br)OCO2. The quantitative estimate of drug-likeness (QED) is 0.483. The Morgan fingerprint density at radius 1 is 1.29 bits per heavy atom. The van der Waals surface area contributed by atoms with Gasteiger partial charge in [0.2, 0.25) is 6.79 Å². The summed E-state index contributed by atoms with van der Waals surface area (Å²) in [6, 6.07) is 3.35. The zero-order valence-corrected chi connectivity index (χ0v) is 13.1. The van der Waals surface area contributed by atoms with Crippen LogP contribution >= 0.6 is 15.9 Å². The van der Waals surface area contributed by atoms with E-state index in [1.165, 1.54) is 6.21 Å². The molecule has 0 aliphatic carbocycles. The van der Waals surface area contributed by atoms with Crippen LogP contribution in [0.5, 0.6) is 11.5 Å². The molecule has 0 spiro atoms. The predicted octanol–water partition coefficient (Wildman–Crippen LogP) is 1.15. The van der Waals surface area contributed by atoms with Crippen molar-refractivity contribution in [3.63, 3.8) is 0 Å². The summed E-state index contributed by atoms with van der Waals surface area (Å²) < 4.78 is 11.2. The summed E-state index contributed by atoms with van der Waals surface area (Å²) in [5.41, 5.74) is 2.84. The maximum Gasteiger partial charge on any atom is 0.329 e.